The maximum Gasteiger partial charge on any atom is 0.123 e. The lowest BCUT2D eigenvalue weighted by atomic mass is 9.89. The third kappa shape index (κ3) is 3.07. The fourth-order valence-corrected chi connectivity index (χ4v) is 3.73. The van der Waals surface area contributed by atoms with Crippen molar-refractivity contribution in [2.75, 3.05) is 13.1 Å². The highest BCUT2D eigenvalue weighted by atomic mass is 16.3. The molecule has 3 heterocycles. The molecule has 0 aliphatic carbocycles. The molecule has 2 N–H and O–H groups in total. The number of aliphatic hydroxyl groups is 1. The maximum absolute atomic E-state index is 11.2. The molecule has 2 aromatic heterocycles. The number of β-amino-alcohol motifs (C(OH)–C–C–N with tert-alkyl or cyclic N) is 1. The minimum Gasteiger partial charge on any atom is -0.382 e. The summed E-state index contributed by atoms with van der Waals surface area (Å²) in [7, 11) is 0. The molecule has 0 radical (unpaired) electrons. The van der Waals surface area contributed by atoms with E-state index in [0.717, 1.165) is 25.9 Å². The van der Waals surface area contributed by atoms with Crippen LogP contribution in [0.5, 0.6) is 0 Å². The topological polar surface area (TPSA) is 70.0 Å². The van der Waals surface area contributed by atoms with Gasteiger partial charge in [-0.3, -0.25) is 4.90 Å². The summed E-state index contributed by atoms with van der Waals surface area (Å²) < 4.78 is 1.81. The van der Waals surface area contributed by atoms with Gasteiger partial charge in [-0.25, -0.2) is 4.68 Å². The third-order valence-electron chi connectivity index (χ3n) is 5.13. The van der Waals surface area contributed by atoms with Gasteiger partial charge >= 0.3 is 0 Å². The molecular weight excluding hydrogens is 314 g/mol. The molecule has 1 aliphatic heterocycles. The number of fused-ring (bicyclic) bond motifs is 1. The van der Waals surface area contributed by atoms with Crippen LogP contribution in [0.25, 0.3) is 10.9 Å². The van der Waals surface area contributed by atoms with Gasteiger partial charge in [0.1, 0.15) is 11.3 Å². The predicted molar refractivity (Wildman–Crippen MR) is 97.1 cm³/mol. The lowest BCUT2D eigenvalue weighted by Crippen LogP contribution is -2.46. The molecule has 132 valence electrons. The van der Waals surface area contributed by atoms with E-state index in [-0.39, 0.29) is 6.04 Å². The molecule has 25 heavy (non-hydrogen) atoms. The van der Waals surface area contributed by atoms with Crippen molar-refractivity contribution < 1.29 is 5.11 Å². The van der Waals surface area contributed by atoms with Crippen molar-refractivity contribution >= 4 is 10.9 Å². The van der Waals surface area contributed by atoms with Crippen LogP contribution < -0.4 is 0 Å². The molecule has 6 heteroatoms. The second-order valence-corrected chi connectivity index (χ2v) is 7.38. The minimum atomic E-state index is -0.922. The summed E-state index contributed by atoms with van der Waals surface area (Å²) in [6.45, 7) is 6.51. The Hall–Kier alpha value is -2.18. The van der Waals surface area contributed by atoms with E-state index in [9.17, 15) is 5.11 Å². The molecule has 1 aromatic carbocycles. The van der Waals surface area contributed by atoms with E-state index in [1.165, 1.54) is 16.5 Å². The molecule has 0 amide bonds. The molecule has 6 nitrogen and oxygen atoms in total. The van der Waals surface area contributed by atoms with E-state index in [2.05, 4.69) is 58.3 Å². The fourth-order valence-electron chi connectivity index (χ4n) is 3.73. The standard InChI is InChI=1S/C19H25N5O/c1-14(2)24-12-17(21-22-24)19(25)8-4-10-23(13-19)11-16-6-3-5-15-7-9-20-18(15)16/h3,5-7,9,12,14,20,25H,4,8,10-11,13H2,1-2H3. The highest BCUT2D eigenvalue weighted by molar-refractivity contribution is 5.82. The first-order valence-corrected chi connectivity index (χ1v) is 8.97. The summed E-state index contributed by atoms with van der Waals surface area (Å²) in [6.07, 6.45) is 5.55. The Morgan fingerprint density at radius 2 is 2.20 bits per heavy atom. The molecule has 1 atom stereocenters. The van der Waals surface area contributed by atoms with Crippen molar-refractivity contribution in [1.29, 1.82) is 0 Å². The highest BCUT2D eigenvalue weighted by Crippen LogP contribution is 2.31. The van der Waals surface area contributed by atoms with Crippen molar-refractivity contribution in [2.45, 2.75) is 44.9 Å². The minimum absolute atomic E-state index is 0.245. The molecule has 0 bridgehead atoms. The average Bonchev–Trinajstić information content (AvgIpc) is 3.25. The van der Waals surface area contributed by atoms with Crippen LogP contribution in [0.1, 0.15) is 44.0 Å². The van der Waals surface area contributed by atoms with E-state index in [4.69, 9.17) is 0 Å². The molecule has 1 aliphatic rings. The quantitative estimate of drug-likeness (QED) is 0.767. The number of nitrogens with zero attached hydrogens (tertiary/aromatic N) is 4. The Labute approximate surface area is 147 Å². The van der Waals surface area contributed by atoms with Crippen molar-refractivity contribution in [3.05, 3.63) is 47.9 Å². The van der Waals surface area contributed by atoms with Crippen LogP contribution in [0.4, 0.5) is 0 Å². The lowest BCUT2D eigenvalue weighted by molar-refractivity contribution is -0.0413. The number of H-pyrrole nitrogens is 1. The summed E-state index contributed by atoms with van der Waals surface area (Å²) in [5, 5.41) is 20.8. The monoisotopic (exact) mass is 339 g/mol. The zero-order valence-electron chi connectivity index (χ0n) is 14.8. The summed E-state index contributed by atoms with van der Waals surface area (Å²) in [4.78, 5) is 5.64. The van der Waals surface area contributed by atoms with Crippen LogP contribution in [0.3, 0.4) is 0 Å². The van der Waals surface area contributed by atoms with Gasteiger partial charge in [-0.15, -0.1) is 5.10 Å². The van der Waals surface area contributed by atoms with Gasteiger partial charge in [0.05, 0.1) is 6.20 Å². The van der Waals surface area contributed by atoms with Crippen LogP contribution in [0.2, 0.25) is 0 Å². The molecule has 4 rings (SSSR count). The lowest BCUT2D eigenvalue weighted by Gasteiger charge is -2.38. The summed E-state index contributed by atoms with van der Waals surface area (Å²) in [5.74, 6) is 0. The molecule has 0 saturated carbocycles. The summed E-state index contributed by atoms with van der Waals surface area (Å²) in [6, 6.07) is 8.70. The fraction of sp³-hybridized carbons (Fsp3) is 0.474. The number of para-hydroxylation sites is 1. The van der Waals surface area contributed by atoms with Gasteiger partial charge in [-0.1, -0.05) is 23.4 Å². The van der Waals surface area contributed by atoms with Crippen LogP contribution in [0, 0.1) is 0 Å². The second kappa shape index (κ2) is 6.28. The van der Waals surface area contributed by atoms with Gasteiger partial charge in [0.25, 0.3) is 0 Å². The highest BCUT2D eigenvalue weighted by Gasteiger charge is 2.37. The molecule has 1 saturated heterocycles. The number of hydrogen-bond donors (Lipinski definition) is 2. The molecule has 1 fully saturated rings. The van der Waals surface area contributed by atoms with E-state index < -0.39 is 5.60 Å². The normalized spacial score (nSPS) is 22.1. The summed E-state index contributed by atoms with van der Waals surface area (Å²) in [5.41, 5.74) is 2.21. The smallest absolute Gasteiger partial charge is 0.123 e. The van der Waals surface area contributed by atoms with Gasteiger partial charge in [-0.2, -0.15) is 0 Å². The molecule has 1 unspecified atom stereocenters. The predicted octanol–water partition coefficient (Wildman–Crippen LogP) is 2.82. The van der Waals surface area contributed by atoms with Crippen LogP contribution in [0.15, 0.2) is 36.7 Å². The van der Waals surface area contributed by atoms with Crippen LogP contribution >= 0.6 is 0 Å². The maximum atomic E-state index is 11.2. The molecular formula is C19H25N5O. The SMILES string of the molecule is CC(C)n1cc(C2(O)CCCN(Cc3cccc4cc[nH]c34)C2)nn1. The number of hydrogen-bond acceptors (Lipinski definition) is 4. The number of piperidine rings is 1. The zero-order valence-corrected chi connectivity index (χ0v) is 14.8. The Balaban J connectivity index is 1.55. The number of rotatable bonds is 4. The Morgan fingerprint density at radius 3 is 3.00 bits per heavy atom. The Bertz CT molecular complexity index is 867. The van der Waals surface area contributed by atoms with Gasteiger partial charge in [0.2, 0.25) is 0 Å². The van der Waals surface area contributed by atoms with Crippen molar-refractivity contribution in [3.8, 4) is 0 Å². The van der Waals surface area contributed by atoms with Gasteiger partial charge in [0.15, 0.2) is 0 Å². The number of likely N-dealkylation sites (tertiary alicyclic amines) is 1. The van der Waals surface area contributed by atoms with Crippen LogP contribution in [-0.4, -0.2) is 43.1 Å². The number of benzene rings is 1. The molecule has 3 aromatic rings. The van der Waals surface area contributed by atoms with Gasteiger partial charge < -0.3 is 10.1 Å². The third-order valence-corrected chi connectivity index (χ3v) is 5.13. The van der Waals surface area contributed by atoms with E-state index in [0.29, 0.717) is 12.2 Å². The number of aromatic amines is 1. The van der Waals surface area contributed by atoms with Crippen molar-refractivity contribution in [3.63, 3.8) is 0 Å². The van der Waals surface area contributed by atoms with Gasteiger partial charge in [0, 0.05) is 30.8 Å². The van der Waals surface area contributed by atoms with E-state index in [1.807, 2.05) is 17.1 Å². The van der Waals surface area contributed by atoms with E-state index in [1.54, 1.807) is 0 Å². The van der Waals surface area contributed by atoms with Crippen LogP contribution in [-0.2, 0) is 12.1 Å². The summed E-state index contributed by atoms with van der Waals surface area (Å²) >= 11 is 0. The van der Waals surface area contributed by atoms with E-state index >= 15 is 0 Å². The second-order valence-electron chi connectivity index (χ2n) is 7.38. The van der Waals surface area contributed by atoms with Crippen molar-refractivity contribution in [2.24, 2.45) is 0 Å². The largest absolute Gasteiger partial charge is 0.382 e. The first-order valence-electron chi connectivity index (χ1n) is 8.97. The van der Waals surface area contributed by atoms with Crippen molar-refractivity contribution in [1.82, 2.24) is 24.9 Å². The average molecular weight is 339 g/mol. The zero-order chi connectivity index (χ0) is 17.4. The number of nitrogens with one attached hydrogen (secondary N) is 1. The van der Waals surface area contributed by atoms with Gasteiger partial charge in [-0.05, 0) is 50.2 Å². The Morgan fingerprint density at radius 1 is 1.32 bits per heavy atom. The first-order chi connectivity index (χ1) is 12.0. The number of aromatic nitrogens is 4. The molecule has 0 spiro atoms. The first kappa shape index (κ1) is 16.3. The Kier molecular flexibility index (Phi) is 4.09.